The predicted octanol–water partition coefficient (Wildman–Crippen LogP) is 5.18. The lowest BCUT2D eigenvalue weighted by Gasteiger charge is -2.32. The van der Waals surface area contributed by atoms with Crippen molar-refractivity contribution in [1.82, 2.24) is 19.8 Å². The minimum absolute atomic E-state index is 0.0266. The number of benzene rings is 2. The van der Waals surface area contributed by atoms with Crippen LogP contribution >= 0.6 is 0 Å². The lowest BCUT2D eigenvalue weighted by Crippen LogP contribution is -2.38. The molecule has 1 atom stereocenters. The quantitative estimate of drug-likeness (QED) is 0.517. The Kier molecular flexibility index (Phi) is 6.46. The van der Waals surface area contributed by atoms with Crippen LogP contribution in [0.4, 0.5) is 4.79 Å². The first-order valence-corrected chi connectivity index (χ1v) is 12.8. The Balaban J connectivity index is 1.35. The second kappa shape index (κ2) is 9.74. The van der Waals surface area contributed by atoms with Crippen LogP contribution in [0.2, 0.25) is 0 Å². The summed E-state index contributed by atoms with van der Waals surface area (Å²) in [5.74, 6) is 1.09. The number of nitrogens with one attached hydrogen (secondary N) is 1. The molecule has 0 bridgehead atoms. The highest BCUT2D eigenvalue weighted by Crippen LogP contribution is 2.33. The van der Waals surface area contributed by atoms with Gasteiger partial charge in [-0.05, 0) is 74.4 Å². The summed E-state index contributed by atoms with van der Waals surface area (Å²) in [6.07, 6.45) is 1.40. The molecule has 2 aliphatic heterocycles. The van der Waals surface area contributed by atoms with Gasteiger partial charge >= 0.3 is 6.09 Å². The van der Waals surface area contributed by atoms with Crippen molar-refractivity contribution in [3.05, 3.63) is 75.6 Å². The van der Waals surface area contributed by atoms with E-state index >= 15 is 0 Å². The number of hydrogen-bond acceptors (Lipinski definition) is 4. The Labute approximate surface area is 216 Å². The molecule has 8 nitrogen and oxygen atoms in total. The van der Waals surface area contributed by atoms with Crippen molar-refractivity contribution >= 4 is 12.0 Å². The standard InChI is InChI=1S/C29H31N5O3/c1-17-14-18(2)24(15-23(17)27-31-25-10-13-34(29(36)37)19(3)26(25)32-27)28(35)33-11-8-22(9-12-33)21-6-4-20(16-30)5-7-21/h4-7,14-15,19,22H,8-13H2,1-3H3,(H,31,32)(H,36,37). The van der Waals surface area contributed by atoms with Gasteiger partial charge in [0.2, 0.25) is 0 Å². The average molecular weight is 498 g/mol. The number of imidazole rings is 1. The van der Waals surface area contributed by atoms with E-state index in [1.165, 1.54) is 10.5 Å². The summed E-state index contributed by atoms with van der Waals surface area (Å²) in [6.45, 7) is 7.63. The van der Waals surface area contributed by atoms with Crippen molar-refractivity contribution in [2.24, 2.45) is 0 Å². The van der Waals surface area contributed by atoms with Gasteiger partial charge in [0.05, 0.1) is 29.1 Å². The van der Waals surface area contributed by atoms with Crippen LogP contribution in [0.15, 0.2) is 36.4 Å². The minimum Gasteiger partial charge on any atom is -0.465 e. The van der Waals surface area contributed by atoms with Crippen molar-refractivity contribution in [2.75, 3.05) is 19.6 Å². The van der Waals surface area contributed by atoms with E-state index in [0.717, 1.165) is 40.9 Å². The Morgan fingerprint density at radius 1 is 1.08 bits per heavy atom. The number of nitrogens with zero attached hydrogens (tertiary/aromatic N) is 4. The normalized spacial score (nSPS) is 17.8. The second-order valence-corrected chi connectivity index (χ2v) is 10.1. The molecule has 0 radical (unpaired) electrons. The van der Waals surface area contributed by atoms with Gasteiger partial charge in [0.1, 0.15) is 5.82 Å². The maximum Gasteiger partial charge on any atom is 0.407 e. The third-order valence-corrected chi connectivity index (χ3v) is 7.88. The van der Waals surface area contributed by atoms with E-state index in [9.17, 15) is 14.7 Å². The van der Waals surface area contributed by atoms with E-state index in [4.69, 9.17) is 10.2 Å². The molecule has 3 heterocycles. The van der Waals surface area contributed by atoms with E-state index in [1.54, 1.807) is 0 Å². The molecule has 1 saturated heterocycles. The molecule has 5 rings (SSSR count). The van der Waals surface area contributed by atoms with Gasteiger partial charge in [-0.3, -0.25) is 9.69 Å². The van der Waals surface area contributed by atoms with Crippen molar-refractivity contribution in [3.8, 4) is 17.5 Å². The monoisotopic (exact) mass is 497 g/mol. The van der Waals surface area contributed by atoms with Crippen molar-refractivity contribution < 1.29 is 14.7 Å². The molecule has 190 valence electrons. The lowest BCUT2D eigenvalue weighted by atomic mass is 9.88. The zero-order valence-electron chi connectivity index (χ0n) is 21.4. The van der Waals surface area contributed by atoms with Gasteiger partial charge in [0, 0.05) is 37.2 Å². The number of carbonyl (C=O) groups is 2. The summed E-state index contributed by atoms with van der Waals surface area (Å²) in [5, 5.41) is 18.5. The van der Waals surface area contributed by atoms with Gasteiger partial charge in [-0.25, -0.2) is 9.78 Å². The van der Waals surface area contributed by atoms with Gasteiger partial charge in [-0.15, -0.1) is 0 Å². The Morgan fingerprint density at radius 2 is 1.78 bits per heavy atom. The fourth-order valence-electron chi connectivity index (χ4n) is 5.68. The first-order chi connectivity index (χ1) is 17.8. The summed E-state index contributed by atoms with van der Waals surface area (Å²) >= 11 is 0. The lowest BCUT2D eigenvalue weighted by molar-refractivity contribution is 0.0712. The zero-order chi connectivity index (χ0) is 26.3. The first-order valence-electron chi connectivity index (χ1n) is 12.8. The van der Waals surface area contributed by atoms with Gasteiger partial charge in [0.25, 0.3) is 5.91 Å². The molecule has 1 aromatic heterocycles. The smallest absolute Gasteiger partial charge is 0.407 e. The largest absolute Gasteiger partial charge is 0.465 e. The molecule has 0 spiro atoms. The van der Waals surface area contributed by atoms with Crippen LogP contribution in [0, 0.1) is 25.2 Å². The van der Waals surface area contributed by atoms with Crippen LogP contribution in [0.25, 0.3) is 11.4 Å². The third-order valence-electron chi connectivity index (χ3n) is 7.88. The van der Waals surface area contributed by atoms with Crippen LogP contribution in [-0.4, -0.2) is 56.5 Å². The van der Waals surface area contributed by atoms with Gasteiger partial charge in [-0.1, -0.05) is 18.2 Å². The number of aromatic amines is 1. The Hall–Kier alpha value is -4.12. The highest BCUT2D eigenvalue weighted by atomic mass is 16.4. The molecule has 0 aliphatic carbocycles. The Bertz CT molecular complexity index is 1390. The summed E-state index contributed by atoms with van der Waals surface area (Å²) in [6, 6.07) is 13.6. The number of carboxylic acid groups (broad SMARTS) is 1. The highest BCUT2D eigenvalue weighted by molar-refractivity contribution is 5.97. The summed E-state index contributed by atoms with van der Waals surface area (Å²) in [5.41, 5.74) is 7.08. The van der Waals surface area contributed by atoms with Crippen LogP contribution in [0.5, 0.6) is 0 Å². The van der Waals surface area contributed by atoms with E-state index in [-0.39, 0.29) is 11.9 Å². The molecule has 8 heteroatoms. The van der Waals surface area contributed by atoms with Crippen LogP contribution in [0.3, 0.4) is 0 Å². The first kappa shape index (κ1) is 24.6. The number of fused-ring (bicyclic) bond motifs is 1. The topological polar surface area (TPSA) is 113 Å². The molecule has 1 fully saturated rings. The van der Waals surface area contributed by atoms with Crippen LogP contribution in [-0.2, 0) is 6.42 Å². The van der Waals surface area contributed by atoms with E-state index in [1.807, 2.05) is 62.1 Å². The van der Waals surface area contributed by atoms with Crippen molar-refractivity contribution in [2.45, 2.75) is 52.0 Å². The predicted molar refractivity (Wildman–Crippen MR) is 139 cm³/mol. The molecule has 2 aliphatic rings. The maximum absolute atomic E-state index is 13.6. The third kappa shape index (κ3) is 4.57. The minimum atomic E-state index is -0.934. The number of piperidine rings is 1. The SMILES string of the molecule is Cc1cc(C)c(-c2nc3c([nH]2)C(C)N(C(=O)O)CC3)cc1C(=O)N1CCC(c2ccc(C#N)cc2)CC1. The molecule has 0 saturated carbocycles. The number of rotatable bonds is 3. The molecule has 37 heavy (non-hydrogen) atoms. The fraction of sp³-hybridized carbons (Fsp3) is 0.379. The number of nitriles is 1. The van der Waals surface area contributed by atoms with Crippen molar-refractivity contribution in [1.29, 1.82) is 5.26 Å². The average Bonchev–Trinajstić information content (AvgIpc) is 3.33. The number of aryl methyl sites for hydroxylation is 2. The van der Waals surface area contributed by atoms with Crippen LogP contribution < -0.4 is 0 Å². The molecule has 2 N–H and O–H groups in total. The molecule has 2 aromatic carbocycles. The number of carbonyl (C=O) groups excluding carboxylic acids is 1. The fourth-order valence-corrected chi connectivity index (χ4v) is 5.68. The van der Waals surface area contributed by atoms with Gasteiger partial charge in [0.15, 0.2) is 0 Å². The number of aromatic nitrogens is 2. The summed E-state index contributed by atoms with van der Waals surface area (Å²) in [7, 11) is 0. The van der Waals surface area contributed by atoms with Gasteiger partial charge in [-0.2, -0.15) is 5.26 Å². The molecule has 2 amide bonds. The van der Waals surface area contributed by atoms with Gasteiger partial charge < -0.3 is 15.0 Å². The van der Waals surface area contributed by atoms with Crippen molar-refractivity contribution in [3.63, 3.8) is 0 Å². The van der Waals surface area contributed by atoms with E-state index in [2.05, 4.69) is 11.1 Å². The Morgan fingerprint density at radius 3 is 2.43 bits per heavy atom. The maximum atomic E-state index is 13.6. The van der Waals surface area contributed by atoms with E-state index in [0.29, 0.717) is 48.9 Å². The summed E-state index contributed by atoms with van der Waals surface area (Å²) < 4.78 is 0. The number of likely N-dealkylation sites (tertiary alicyclic amines) is 1. The number of amides is 2. The van der Waals surface area contributed by atoms with E-state index < -0.39 is 6.09 Å². The highest BCUT2D eigenvalue weighted by Gasteiger charge is 2.31. The number of hydrogen-bond donors (Lipinski definition) is 2. The molecular weight excluding hydrogens is 466 g/mol. The molecular formula is C29H31N5O3. The second-order valence-electron chi connectivity index (χ2n) is 10.1. The summed E-state index contributed by atoms with van der Waals surface area (Å²) in [4.78, 5) is 36.7. The number of H-pyrrole nitrogens is 1. The van der Waals surface area contributed by atoms with Crippen LogP contribution in [0.1, 0.15) is 75.7 Å². The zero-order valence-corrected chi connectivity index (χ0v) is 21.4. The molecule has 3 aromatic rings. The molecule has 1 unspecified atom stereocenters.